The standard InChI is InChI=1S/C17H25BrN2/c1-13-3-2-9-20(10-8-13)17-7-4-14(11-16(17)18)12-19-15-5-6-15/h4,7,11,13,15,19H,2-3,5-6,8-10,12H2,1H3. The van der Waals surface area contributed by atoms with Gasteiger partial charge in [-0.25, -0.2) is 0 Å². The first-order chi connectivity index (χ1) is 9.72. The molecule has 20 heavy (non-hydrogen) atoms. The van der Waals surface area contributed by atoms with Gasteiger partial charge in [-0.2, -0.15) is 0 Å². The molecule has 1 saturated heterocycles. The predicted octanol–water partition coefficient (Wildman–Crippen LogP) is 4.33. The van der Waals surface area contributed by atoms with E-state index in [1.54, 1.807) is 0 Å². The van der Waals surface area contributed by atoms with Gasteiger partial charge in [0, 0.05) is 30.1 Å². The largest absolute Gasteiger partial charge is 0.371 e. The number of rotatable bonds is 4. The second-order valence-corrected chi connectivity index (χ2v) is 7.32. The topological polar surface area (TPSA) is 15.3 Å². The van der Waals surface area contributed by atoms with Gasteiger partial charge in [-0.3, -0.25) is 0 Å². The highest BCUT2D eigenvalue weighted by Crippen LogP contribution is 2.30. The number of halogens is 1. The van der Waals surface area contributed by atoms with Gasteiger partial charge >= 0.3 is 0 Å². The van der Waals surface area contributed by atoms with Crippen LogP contribution in [0.25, 0.3) is 0 Å². The Bertz CT molecular complexity index is 456. The molecule has 3 rings (SSSR count). The van der Waals surface area contributed by atoms with E-state index < -0.39 is 0 Å². The third-order valence-electron chi connectivity index (χ3n) is 4.54. The van der Waals surface area contributed by atoms with Crippen molar-refractivity contribution in [1.29, 1.82) is 0 Å². The maximum atomic E-state index is 3.78. The Morgan fingerprint density at radius 2 is 2.05 bits per heavy atom. The van der Waals surface area contributed by atoms with Gasteiger partial charge in [0.05, 0.1) is 5.69 Å². The number of anilines is 1. The molecule has 1 aliphatic carbocycles. The molecule has 1 N–H and O–H groups in total. The van der Waals surface area contributed by atoms with Crippen LogP contribution in [0.1, 0.15) is 44.6 Å². The van der Waals surface area contributed by atoms with Crippen LogP contribution in [0, 0.1) is 5.92 Å². The third-order valence-corrected chi connectivity index (χ3v) is 5.18. The van der Waals surface area contributed by atoms with E-state index in [9.17, 15) is 0 Å². The summed E-state index contributed by atoms with van der Waals surface area (Å²) in [5, 5.41) is 3.58. The first-order valence-corrected chi connectivity index (χ1v) is 8.78. The molecule has 110 valence electrons. The molecule has 2 aliphatic rings. The number of hydrogen-bond donors (Lipinski definition) is 1. The van der Waals surface area contributed by atoms with E-state index in [0.717, 1.165) is 18.5 Å². The lowest BCUT2D eigenvalue weighted by molar-refractivity contribution is 0.521. The van der Waals surface area contributed by atoms with Crippen LogP contribution in [-0.2, 0) is 6.54 Å². The Labute approximate surface area is 131 Å². The van der Waals surface area contributed by atoms with Crippen LogP contribution < -0.4 is 10.2 Å². The average molecular weight is 337 g/mol. The van der Waals surface area contributed by atoms with Crippen LogP contribution in [0.5, 0.6) is 0 Å². The van der Waals surface area contributed by atoms with Crippen molar-refractivity contribution in [3.8, 4) is 0 Å². The van der Waals surface area contributed by atoms with Gasteiger partial charge in [-0.15, -0.1) is 0 Å². The van der Waals surface area contributed by atoms with Crippen LogP contribution in [0.2, 0.25) is 0 Å². The summed E-state index contributed by atoms with van der Waals surface area (Å²) in [6.45, 7) is 5.77. The van der Waals surface area contributed by atoms with Gasteiger partial charge in [0.15, 0.2) is 0 Å². The molecule has 0 bridgehead atoms. The number of nitrogens with one attached hydrogen (secondary N) is 1. The van der Waals surface area contributed by atoms with Gasteiger partial charge in [-0.05, 0) is 71.6 Å². The first kappa shape index (κ1) is 14.4. The van der Waals surface area contributed by atoms with E-state index in [2.05, 4.69) is 51.3 Å². The fourth-order valence-electron chi connectivity index (χ4n) is 2.97. The van der Waals surface area contributed by atoms with Gasteiger partial charge in [0.1, 0.15) is 0 Å². The molecule has 0 amide bonds. The molecule has 2 nitrogen and oxygen atoms in total. The summed E-state index contributed by atoms with van der Waals surface area (Å²) >= 11 is 3.78. The summed E-state index contributed by atoms with van der Waals surface area (Å²) in [5.74, 6) is 0.876. The second-order valence-electron chi connectivity index (χ2n) is 6.46. The van der Waals surface area contributed by atoms with E-state index in [0.29, 0.717) is 0 Å². The maximum absolute atomic E-state index is 3.78. The SMILES string of the molecule is CC1CCCN(c2ccc(CNC3CC3)cc2Br)CC1. The zero-order valence-electron chi connectivity index (χ0n) is 12.4. The molecule has 2 fully saturated rings. The minimum absolute atomic E-state index is 0.778. The van der Waals surface area contributed by atoms with Gasteiger partial charge < -0.3 is 10.2 Å². The van der Waals surface area contributed by atoms with Crippen LogP contribution in [0.3, 0.4) is 0 Å². The predicted molar refractivity (Wildman–Crippen MR) is 89.2 cm³/mol. The average Bonchev–Trinajstić information content (AvgIpc) is 3.25. The Morgan fingerprint density at radius 3 is 2.80 bits per heavy atom. The molecule has 0 radical (unpaired) electrons. The van der Waals surface area contributed by atoms with Crippen molar-refractivity contribution in [2.45, 2.75) is 51.6 Å². The lowest BCUT2D eigenvalue weighted by atomic mass is 10.0. The Kier molecular flexibility index (Phi) is 4.67. The summed E-state index contributed by atoms with van der Waals surface area (Å²) in [5.41, 5.74) is 2.75. The fourth-order valence-corrected chi connectivity index (χ4v) is 3.65. The molecular formula is C17H25BrN2. The van der Waals surface area contributed by atoms with Crippen molar-refractivity contribution in [1.82, 2.24) is 5.32 Å². The normalized spacial score (nSPS) is 23.7. The molecule has 1 heterocycles. The third kappa shape index (κ3) is 3.76. The van der Waals surface area contributed by atoms with Crippen molar-refractivity contribution in [2.75, 3.05) is 18.0 Å². The molecule has 3 heteroatoms. The summed E-state index contributed by atoms with van der Waals surface area (Å²) in [4.78, 5) is 2.55. The molecule has 1 aromatic rings. The minimum atomic E-state index is 0.778. The summed E-state index contributed by atoms with van der Waals surface area (Å²) < 4.78 is 1.25. The second kappa shape index (κ2) is 6.48. The van der Waals surface area contributed by atoms with E-state index >= 15 is 0 Å². The van der Waals surface area contributed by atoms with Gasteiger partial charge in [0.2, 0.25) is 0 Å². The Balaban J connectivity index is 1.66. The molecular weight excluding hydrogens is 312 g/mol. The van der Waals surface area contributed by atoms with E-state index in [1.165, 1.54) is 60.9 Å². The van der Waals surface area contributed by atoms with Crippen molar-refractivity contribution < 1.29 is 0 Å². The molecule has 1 unspecified atom stereocenters. The van der Waals surface area contributed by atoms with Crippen molar-refractivity contribution in [2.24, 2.45) is 5.92 Å². The highest BCUT2D eigenvalue weighted by molar-refractivity contribution is 9.10. The summed E-state index contributed by atoms with van der Waals surface area (Å²) in [6.07, 6.45) is 6.71. The van der Waals surface area contributed by atoms with E-state index in [-0.39, 0.29) is 0 Å². The highest BCUT2D eigenvalue weighted by Gasteiger charge is 2.20. The molecule has 0 spiro atoms. The lowest BCUT2D eigenvalue weighted by Gasteiger charge is -2.24. The Hall–Kier alpha value is -0.540. The maximum Gasteiger partial charge on any atom is 0.0510 e. The van der Waals surface area contributed by atoms with Gasteiger partial charge in [-0.1, -0.05) is 13.0 Å². The summed E-state index contributed by atoms with van der Waals surface area (Å²) in [6, 6.07) is 7.65. The molecule has 1 aromatic carbocycles. The van der Waals surface area contributed by atoms with Crippen molar-refractivity contribution in [3.05, 3.63) is 28.2 Å². The zero-order valence-corrected chi connectivity index (χ0v) is 14.0. The lowest BCUT2D eigenvalue weighted by Crippen LogP contribution is -2.24. The fraction of sp³-hybridized carbons (Fsp3) is 0.647. The molecule has 0 aromatic heterocycles. The smallest absolute Gasteiger partial charge is 0.0510 e. The van der Waals surface area contributed by atoms with Crippen LogP contribution in [0.15, 0.2) is 22.7 Å². The van der Waals surface area contributed by atoms with E-state index in [1.807, 2.05) is 0 Å². The Morgan fingerprint density at radius 1 is 1.20 bits per heavy atom. The van der Waals surface area contributed by atoms with Crippen molar-refractivity contribution >= 4 is 21.6 Å². The highest BCUT2D eigenvalue weighted by atomic mass is 79.9. The number of hydrogen-bond acceptors (Lipinski definition) is 2. The monoisotopic (exact) mass is 336 g/mol. The molecule has 1 aliphatic heterocycles. The molecule has 1 atom stereocenters. The molecule has 1 saturated carbocycles. The van der Waals surface area contributed by atoms with Gasteiger partial charge in [0.25, 0.3) is 0 Å². The van der Waals surface area contributed by atoms with Crippen LogP contribution in [0.4, 0.5) is 5.69 Å². The number of nitrogens with zero attached hydrogens (tertiary/aromatic N) is 1. The van der Waals surface area contributed by atoms with E-state index in [4.69, 9.17) is 0 Å². The quantitative estimate of drug-likeness (QED) is 0.880. The van der Waals surface area contributed by atoms with Crippen LogP contribution in [-0.4, -0.2) is 19.1 Å². The first-order valence-electron chi connectivity index (χ1n) is 7.99. The number of benzene rings is 1. The zero-order chi connectivity index (χ0) is 13.9. The van der Waals surface area contributed by atoms with Crippen LogP contribution >= 0.6 is 15.9 Å². The minimum Gasteiger partial charge on any atom is -0.371 e. The van der Waals surface area contributed by atoms with Crippen molar-refractivity contribution in [3.63, 3.8) is 0 Å². The summed E-state index contributed by atoms with van der Waals surface area (Å²) in [7, 11) is 0.